The van der Waals surface area contributed by atoms with Crippen molar-refractivity contribution in [2.75, 3.05) is 0 Å². The van der Waals surface area contributed by atoms with Crippen LogP contribution in [0.4, 0.5) is 13.2 Å². The summed E-state index contributed by atoms with van der Waals surface area (Å²) >= 11 is 0. The number of carbonyl (C=O) groups excluding carboxylic acids is 1. The third kappa shape index (κ3) is 3.31. The summed E-state index contributed by atoms with van der Waals surface area (Å²) in [5.74, 6) is -4.46. The molecule has 2 rings (SSSR count). The number of aromatic nitrogens is 1. The SMILES string of the molecule is CC(C(N)=O)c1ncc(Oc2ccc(F)cc2F)cc1F. The molecule has 0 saturated heterocycles. The molecule has 1 aromatic carbocycles. The number of primary amides is 1. The minimum absolute atomic E-state index is 0.0848. The molecule has 2 aromatic rings. The van der Waals surface area contributed by atoms with E-state index in [-0.39, 0.29) is 17.2 Å². The zero-order chi connectivity index (χ0) is 15.6. The molecule has 1 aromatic heterocycles. The fourth-order valence-electron chi connectivity index (χ4n) is 1.63. The van der Waals surface area contributed by atoms with Crippen molar-refractivity contribution >= 4 is 5.91 Å². The van der Waals surface area contributed by atoms with Crippen molar-refractivity contribution in [3.8, 4) is 11.5 Å². The van der Waals surface area contributed by atoms with E-state index in [1.165, 1.54) is 6.92 Å². The van der Waals surface area contributed by atoms with Crippen LogP contribution in [0.25, 0.3) is 0 Å². The molecule has 1 amide bonds. The quantitative estimate of drug-likeness (QED) is 0.943. The van der Waals surface area contributed by atoms with Gasteiger partial charge in [-0.3, -0.25) is 9.78 Å². The number of halogens is 3. The molecule has 0 fully saturated rings. The monoisotopic (exact) mass is 296 g/mol. The van der Waals surface area contributed by atoms with E-state index in [2.05, 4.69) is 4.98 Å². The fourth-order valence-corrected chi connectivity index (χ4v) is 1.63. The molecule has 110 valence electrons. The molecule has 0 aliphatic rings. The van der Waals surface area contributed by atoms with Crippen LogP contribution in [0.2, 0.25) is 0 Å². The molecule has 1 atom stereocenters. The van der Waals surface area contributed by atoms with Crippen molar-refractivity contribution in [3.63, 3.8) is 0 Å². The van der Waals surface area contributed by atoms with Crippen molar-refractivity contribution in [1.82, 2.24) is 4.98 Å². The minimum Gasteiger partial charge on any atom is -0.453 e. The van der Waals surface area contributed by atoms with E-state index in [9.17, 15) is 18.0 Å². The first kappa shape index (κ1) is 14.8. The Hall–Kier alpha value is -2.57. The third-order valence-electron chi connectivity index (χ3n) is 2.80. The van der Waals surface area contributed by atoms with Crippen LogP contribution in [-0.2, 0) is 4.79 Å². The molecule has 1 heterocycles. The van der Waals surface area contributed by atoms with E-state index < -0.39 is 29.3 Å². The molecule has 0 spiro atoms. The van der Waals surface area contributed by atoms with Crippen molar-refractivity contribution in [1.29, 1.82) is 0 Å². The lowest BCUT2D eigenvalue weighted by Gasteiger charge is -2.10. The zero-order valence-corrected chi connectivity index (χ0v) is 10.9. The minimum atomic E-state index is -0.926. The molecule has 0 saturated carbocycles. The molecule has 0 bridgehead atoms. The number of nitrogens with zero attached hydrogens (tertiary/aromatic N) is 1. The maximum Gasteiger partial charge on any atom is 0.226 e. The third-order valence-corrected chi connectivity index (χ3v) is 2.80. The van der Waals surface area contributed by atoms with E-state index >= 15 is 0 Å². The highest BCUT2D eigenvalue weighted by Gasteiger charge is 2.18. The van der Waals surface area contributed by atoms with Gasteiger partial charge in [-0.15, -0.1) is 0 Å². The summed E-state index contributed by atoms with van der Waals surface area (Å²) < 4.78 is 45.1. The number of benzene rings is 1. The van der Waals surface area contributed by atoms with E-state index in [0.717, 1.165) is 24.4 Å². The van der Waals surface area contributed by atoms with Crippen molar-refractivity contribution in [2.24, 2.45) is 5.73 Å². The van der Waals surface area contributed by atoms with Gasteiger partial charge in [0.15, 0.2) is 11.6 Å². The van der Waals surface area contributed by atoms with Crippen LogP contribution in [0.15, 0.2) is 30.5 Å². The molecule has 0 aliphatic carbocycles. The van der Waals surface area contributed by atoms with Crippen LogP contribution in [0.1, 0.15) is 18.5 Å². The van der Waals surface area contributed by atoms with Crippen molar-refractivity contribution in [2.45, 2.75) is 12.8 Å². The first-order valence-electron chi connectivity index (χ1n) is 5.96. The lowest BCUT2D eigenvalue weighted by Crippen LogP contribution is -2.20. The van der Waals surface area contributed by atoms with Gasteiger partial charge in [-0.25, -0.2) is 13.2 Å². The lowest BCUT2D eigenvalue weighted by molar-refractivity contribution is -0.119. The lowest BCUT2D eigenvalue weighted by atomic mass is 10.1. The molecular weight excluding hydrogens is 285 g/mol. The standard InChI is InChI=1S/C14H11F3N2O2/c1-7(14(18)20)13-11(17)5-9(6-19-13)21-12-3-2-8(15)4-10(12)16/h2-7H,1H3,(H2,18,20). The molecule has 7 heteroatoms. The Labute approximate surface area is 118 Å². The summed E-state index contributed by atoms with van der Waals surface area (Å²) in [4.78, 5) is 14.7. The molecule has 0 aliphatic heterocycles. The van der Waals surface area contributed by atoms with Crippen molar-refractivity contribution in [3.05, 3.63) is 53.6 Å². The predicted molar refractivity (Wildman–Crippen MR) is 68.2 cm³/mol. The van der Waals surface area contributed by atoms with Crippen LogP contribution in [0, 0.1) is 17.5 Å². The Morgan fingerprint density at radius 1 is 1.24 bits per heavy atom. The molecule has 2 N–H and O–H groups in total. The predicted octanol–water partition coefficient (Wildman–Crippen LogP) is 2.88. The van der Waals surface area contributed by atoms with E-state index in [1.54, 1.807) is 0 Å². The van der Waals surface area contributed by atoms with Gasteiger partial charge in [0.2, 0.25) is 5.91 Å². The van der Waals surface area contributed by atoms with Gasteiger partial charge in [0.1, 0.15) is 17.4 Å². The summed E-state index contributed by atoms with van der Waals surface area (Å²) in [6.45, 7) is 1.41. The first-order chi connectivity index (χ1) is 9.88. The van der Waals surface area contributed by atoms with E-state index in [4.69, 9.17) is 10.5 Å². The average Bonchev–Trinajstić information content (AvgIpc) is 2.41. The summed E-state index contributed by atoms with van der Waals surface area (Å²) in [6, 6.07) is 3.67. The molecule has 4 nitrogen and oxygen atoms in total. The van der Waals surface area contributed by atoms with Crippen LogP contribution >= 0.6 is 0 Å². The number of ether oxygens (including phenoxy) is 1. The van der Waals surface area contributed by atoms with Gasteiger partial charge in [-0.2, -0.15) is 0 Å². The smallest absolute Gasteiger partial charge is 0.226 e. The number of hydrogen-bond acceptors (Lipinski definition) is 3. The normalized spacial score (nSPS) is 12.0. The van der Waals surface area contributed by atoms with Crippen LogP contribution in [0.5, 0.6) is 11.5 Å². The Balaban J connectivity index is 2.26. The number of hydrogen-bond donors (Lipinski definition) is 1. The summed E-state index contributed by atoms with van der Waals surface area (Å²) in [7, 11) is 0. The molecule has 21 heavy (non-hydrogen) atoms. The zero-order valence-electron chi connectivity index (χ0n) is 10.9. The van der Waals surface area contributed by atoms with Gasteiger partial charge >= 0.3 is 0 Å². The Kier molecular flexibility index (Phi) is 4.11. The highest BCUT2D eigenvalue weighted by Crippen LogP contribution is 2.27. The largest absolute Gasteiger partial charge is 0.453 e. The number of amides is 1. The van der Waals surface area contributed by atoms with Crippen LogP contribution in [-0.4, -0.2) is 10.9 Å². The topological polar surface area (TPSA) is 65.2 Å². The Morgan fingerprint density at radius 3 is 2.52 bits per heavy atom. The van der Waals surface area contributed by atoms with Gasteiger partial charge in [-0.1, -0.05) is 0 Å². The summed E-state index contributed by atoms with van der Waals surface area (Å²) in [5, 5.41) is 0. The second-order valence-corrected chi connectivity index (χ2v) is 4.34. The van der Waals surface area contributed by atoms with Crippen LogP contribution < -0.4 is 10.5 Å². The molecule has 1 unspecified atom stereocenters. The number of rotatable bonds is 4. The average molecular weight is 296 g/mol. The van der Waals surface area contributed by atoms with Gasteiger partial charge < -0.3 is 10.5 Å². The highest BCUT2D eigenvalue weighted by atomic mass is 19.1. The number of carbonyl (C=O) groups is 1. The van der Waals surface area contributed by atoms with Crippen LogP contribution in [0.3, 0.4) is 0 Å². The number of pyridine rings is 1. The Morgan fingerprint density at radius 2 is 1.95 bits per heavy atom. The van der Waals surface area contributed by atoms with Gasteiger partial charge in [0.05, 0.1) is 17.8 Å². The second-order valence-electron chi connectivity index (χ2n) is 4.34. The maximum absolute atomic E-state index is 13.8. The fraction of sp³-hybridized carbons (Fsp3) is 0.143. The van der Waals surface area contributed by atoms with E-state index in [1.807, 2.05) is 0 Å². The number of nitrogens with two attached hydrogens (primary N) is 1. The van der Waals surface area contributed by atoms with Gasteiger partial charge in [0, 0.05) is 12.1 Å². The second kappa shape index (κ2) is 5.82. The first-order valence-corrected chi connectivity index (χ1v) is 5.96. The van der Waals surface area contributed by atoms with Crippen molar-refractivity contribution < 1.29 is 22.7 Å². The molecular formula is C14H11F3N2O2. The highest BCUT2D eigenvalue weighted by molar-refractivity contribution is 5.80. The summed E-state index contributed by atoms with van der Waals surface area (Å²) in [5.41, 5.74) is 4.94. The maximum atomic E-state index is 13.8. The summed E-state index contributed by atoms with van der Waals surface area (Å²) in [6.07, 6.45) is 1.13. The van der Waals surface area contributed by atoms with E-state index in [0.29, 0.717) is 6.07 Å². The Bertz CT molecular complexity index is 692. The molecule has 0 radical (unpaired) electrons. The van der Waals surface area contributed by atoms with Gasteiger partial charge in [-0.05, 0) is 19.1 Å². The van der Waals surface area contributed by atoms with Gasteiger partial charge in [0.25, 0.3) is 0 Å².